The van der Waals surface area contributed by atoms with Gasteiger partial charge in [-0.1, -0.05) is 20.8 Å². The molecule has 5 nitrogen and oxygen atoms in total. The van der Waals surface area contributed by atoms with Crippen LogP contribution in [0.3, 0.4) is 0 Å². The number of hydrogen-bond acceptors (Lipinski definition) is 3. The van der Waals surface area contributed by atoms with E-state index in [2.05, 4.69) is 5.32 Å². The van der Waals surface area contributed by atoms with Crippen LogP contribution in [-0.2, 0) is 9.59 Å². The maximum atomic E-state index is 11.5. The maximum absolute atomic E-state index is 11.5. The minimum Gasteiger partial charge on any atom is -0.370 e. The molecule has 2 unspecified atom stereocenters. The highest BCUT2D eigenvalue weighted by Crippen LogP contribution is 2.05. The fourth-order valence-corrected chi connectivity index (χ4v) is 1.34. The topological polar surface area (TPSA) is 98.2 Å². The Balaban J connectivity index is 4.15. The molecule has 0 saturated heterocycles. The lowest BCUT2D eigenvalue weighted by Gasteiger charge is -2.22. The zero-order valence-electron chi connectivity index (χ0n) is 9.62. The first-order valence-corrected chi connectivity index (χ1v) is 5.22. The summed E-state index contributed by atoms with van der Waals surface area (Å²) >= 11 is 0. The minimum atomic E-state index is -0.838. The number of hydrogen-bond donors (Lipinski definition) is 3. The molecular formula is C10H21N3O2. The largest absolute Gasteiger partial charge is 0.370 e. The fourth-order valence-electron chi connectivity index (χ4n) is 1.34. The van der Waals surface area contributed by atoms with Gasteiger partial charge in [0.1, 0.15) is 0 Å². The first-order valence-electron chi connectivity index (χ1n) is 5.22. The maximum Gasteiger partial charge on any atom is 0.237 e. The smallest absolute Gasteiger partial charge is 0.237 e. The Kier molecular flexibility index (Phi) is 5.93. The molecule has 0 saturated carbocycles. The van der Waals surface area contributed by atoms with Gasteiger partial charge in [0.25, 0.3) is 0 Å². The monoisotopic (exact) mass is 215 g/mol. The number of primary amides is 1. The van der Waals surface area contributed by atoms with Gasteiger partial charge in [-0.05, 0) is 12.3 Å². The Morgan fingerprint density at radius 1 is 1.33 bits per heavy atom. The number of amides is 2. The van der Waals surface area contributed by atoms with Crippen molar-refractivity contribution in [3.05, 3.63) is 0 Å². The second-order valence-electron chi connectivity index (χ2n) is 4.04. The number of rotatable bonds is 6. The summed E-state index contributed by atoms with van der Waals surface area (Å²) in [4.78, 5) is 22.1. The van der Waals surface area contributed by atoms with Gasteiger partial charge in [-0.25, -0.2) is 0 Å². The summed E-state index contributed by atoms with van der Waals surface area (Å²) in [6.45, 7) is 6.03. The summed E-state index contributed by atoms with van der Waals surface area (Å²) in [6, 6.07) is -0.744. The van der Waals surface area contributed by atoms with E-state index in [1.807, 2.05) is 20.8 Å². The lowest BCUT2D eigenvalue weighted by molar-refractivity contribution is -0.127. The molecule has 5 N–H and O–H groups in total. The molecule has 15 heavy (non-hydrogen) atoms. The average Bonchev–Trinajstić information content (AvgIpc) is 2.11. The van der Waals surface area contributed by atoms with Crippen LogP contribution in [0, 0.1) is 5.92 Å². The summed E-state index contributed by atoms with van der Waals surface area (Å²) in [5.41, 5.74) is 10.5. The molecule has 0 heterocycles. The van der Waals surface area contributed by atoms with Crippen LogP contribution in [0.1, 0.15) is 33.6 Å². The molecule has 0 aliphatic heterocycles. The molecule has 0 aliphatic carbocycles. The first kappa shape index (κ1) is 13.9. The summed E-state index contributed by atoms with van der Waals surface area (Å²) < 4.78 is 0. The molecule has 88 valence electrons. The highest BCUT2D eigenvalue weighted by molar-refractivity contribution is 5.87. The average molecular weight is 215 g/mol. The van der Waals surface area contributed by atoms with Gasteiger partial charge < -0.3 is 16.8 Å². The minimum absolute atomic E-state index is 0.0939. The van der Waals surface area contributed by atoms with Crippen LogP contribution in [0.5, 0.6) is 0 Å². The molecule has 0 aromatic carbocycles. The van der Waals surface area contributed by atoms with Gasteiger partial charge in [0.2, 0.25) is 11.8 Å². The van der Waals surface area contributed by atoms with Crippen LogP contribution in [0.4, 0.5) is 0 Å². The number of nitrogens with one attached hydrogen (secondary N) is 1. The van der Waals surface area contributed by atoms with E-state index in [4.69, 9.17) is 11.5 Å². The number of carbonyl (C=O) groups is 2. The highest BCUT2D eigenvalue weighted by atomic mass is 16.2. The molecule has 2 atom stereocenters. The predicted octanol–water partition coefficient (Wildman–Crippen LogP) is -0.260. The Bertz CT molecular complexity index is 229. The van der Waals surface area contributed by atoms with E-state index in [9.17, 15) is 9.59 Å². The molecule has 0 aliphatic rings. The van der Waals surface area contributed by atoms with Crippen molar-refractivity contribution in [3.63, 3.8) is 0 Å². The van der Waals surface area contributed by atoms with E-state index in [-0.39, 0.29) is 18.4 Å². The number of nitrogens with two attached hydrogens (primary N) is 2. The van der Waals surface area contributed by atoms with E-state index >= 15 is 0 Å². The van der Waals surface area contributed by atoms with Crippen molar-refractivity contribution in [1.82, 2.24) is 5.32 Å². The Labute approximate surface area is 90.6 Å². The molecule has 0 fully saturated rings. The summed E-state index contributed by atoms with van der Waals surface area (Å²) in [7, 11) is 0. The first-order chi connectivity index (χ1) is 6.88. The van der Waals surface area contributed by atoms with Crippen molar-refractivity contribution in [2.24, 2.45) is 17.4 Å². The third-order valence-electron chi connectivity index (χ3n) is 2.33. The molecule has 0 bridgehead atoms. The van der Waals surface area contributed by atoms with Crippen molar-refractivity contribution in [1.29, 1.82) is 0 Å². The third-order valence-corrected chi connectivity index (χ3v) is 2.33. The van der Waals surface area contributed by atoms with Gasteiger partial charge in [0.15, 0.2) is 0 Å². The SMILES string of the molecule is CCC(NC(=O)C(N)CC(N)=O)C(C)C. The van der Waals surface area contributed by atoms with E-state index in [0.29, 0.717) is 5.92 Å². The van der Waals surface area contributed by atoms with Gasteiger partial charge in [-0.15, -0.1) is 0 Å². The van der Waals surface area contributed by atoms with E-state index in [0.717, 1.165) is 6.42 Å². The highest BCUT2D eigenvalue weighted by Gasteiger charge is 2.20. The van der Waals surface area contributed by atoms with E-state index < -0.39 is 11.9 Å². The van der Waals surface area contributed by atoms with Crippen LogP contribution < -0.4 is 16.8 Å². The molecule has 0 radical (unpaired) electrons. The third kappa shape index (κ3) is 5.37. The zero-order valence-corrected chi connectivity index (χ0v) is 9.62. The van der Waals surface area contributed by atoms with Crippen LogP contribution in [0.25, 0.3) is 0 Å². The molecular weight excluding hydrogens is 194 g/mol. The molecule has 2 amide bonds. The van der Waals surface area contributed by atoms with Gasteiger partial charge in [-0.2, -0.15) is 0 Å². The molecule has 0 rings (SSSR count). The quantitative estimate of drug-likeness (QED) is 0.569. The molecule has 5 heteroatoms. The second-order valence-corrected chi connectivity index (χ2v) is 4.04. The molecule has 0 aromatic heterocycles. The van der Waals surface area contributed by atoms with Crippen molar-refractivity contribution in [2.75, 3.05) is 0 Å². The summed E-state index contributed by atoms with van der Waals surface area (Å²) in [5, 5.41) is 2.80. The van der Waals surface area contributed by atoms with Crippen LogP contribution >= 0.6 is 0 Å². The summed E-state index contributed by atoms with van der Waals surface area (Å²) in [6.07, 6.45) is 0.729. The Morgan fingerprint density at radius 3 is 2.20 bits per heavy atom. The van der Waals surface area contributed by atoms with E-state index in [1.54, 1.807) is 0 Å². The van der Waals surface area contributed by atoms with Crippen molar-refractivity contribution >= 4 is 11.8 Å². The standard InChI is InChI=1S/C10H21N3O2/c1-4-8(6(2)3)13-10(15)7(11)5-9(12)14/h6-8H,4-5,11H2,1-3H3,(H2,12,14)(H,13,15). The van der Waals surface area contributed by atoms with Crippen molar-refractivity contribution in [3.8, 4) is 0 Å². The zero-order chi connectivity index (χ0) is 12.0. The van der Waals surface area contributed by atoms with Crippen LogP contribution in [0.15, 0.2) is 0 Å². The summed E-state index contributed by atoms with van der Waals surface area (Å²) in [5.74, 6) is -0.524. The van der Waals surface area contributed by atoms with Crippen LogP contribution in [-0.4, -0.2) is 23.9 Å². The number of carbonyl (C=O) groups excluding carboxylic acids is 2. The lowest BCUT2D eigenvalue weighted by Crippen LogP contribution is -2.48. The lowest BCUT2D eigenvalue weighted by atomic mass is 10.0. The second kappa shape index (κ2) is 6.40. The Hall–Kier alpha value is -1.10. The van der Waals surface area contributed by atoms with Crippen molar-refractivity contribution < 1.29 is 9.59 Å². The van der Waals surface area contributed by atoms with Gasteiger partial charge in [0, 0.05) is 6.04 Å². The normalized spacial score (nSPS) is 14.7. The van der Waals surface area contributed by atoms with Gasteiger partial charge >= 0.3 is 0 Å². The van der Waals surface area contributed by atoms with Gasteiger partial charge in [0.05, 0.1) is 12.5 Å². The van der Waals surface area contributed by atoms with Crippen molar-refractivity contribution in [2.45, 2.75) is 45.7 Å². The predicted molar refractivity (Wildman–Crippen MR) is 58.8 cm³/mol. The molecule has 0 aromatic rings. The van der Waals surface area contributed by atoms with E-state index in [1.165, 1.54) is 0 Å². The van der Waals surface area contributed by atoms with Crippen LogP contribution in [0.2, 0.25) is 0 Å². The fraction of sp³-hybridized carbons (Fsp3) is 0.800. The molecule has 0 spiro atoms. The van der Waals surface area contributed by atoms with Gasteiger partial charge in [-0.3, -0.25) is 9.59 Å². The Morgan fingerprint density at radius 2 is 1.87 bits per heavy atom.